The highest BCUT2D eigenvalue weighted by Gasteiger charge is 2.26. The number of benzene rings is 4. The molecule has 56 heavy (non-hydrogen) atoms. The van der Waals surface area contributed by atoms with Gasteiger partial charge in [-0.1, -0.05) is 5.04 Å². The molecule has 6 N–H and O–H groups in total. The Labute approximate surface area is 325 Å². The second-order valence-electron chi connectivity index (χ2n) is 10.4. The van der Waals surface area contributed by atoms with Gasteiger partial charge < -0.3 is 15.6 Å². The predicted octanol–water partition coefficient (Wildman–Crippen LogP) is 5.79. The zero-order valence-electron chi connectivity index (χ0n) is 28.1. The van der Waals surface area contributed by atoms with Crippen LogP contribution in [0.15, 0.2) is 99.9 Å². The van der Waals surface area contributed by atoms with Crippen molar-refractivity contribution in [3.8, 4) is 22.9 Å². The topological polar surface area (TPSA) is 338 Å². The molecule has 298 valence electrons. The van der Waals surface area contributed by atoms with Gasteiger partial charge in [-0.2, -0.15) is 21.9 Å². The quantitative estimate of drug-likeness (QED) is 0.00964. The van der Waals surface area contributed by atoms with E-state index < -0.39 is 58.1 Å². The van der Waals surface area contributed by atoms with Gasteiger partial charge in [-0.25, -0.2) is 13.7 Å². The van der Waals surface area contributed by atoms with Crippen LogP contribution in [0.3, 0.4) is 0 Å². The van der Waals surface area contributed by atoms with Crippen molar-refractivity contribution in [3.05, 3.63) is 59.5 Å². The molecule has 0 aliphatic heterocycles. The van der Waals surface area contributed by atoms with Crippen LogP contribution >= 0.6 is 23.8 Å². The number of nitrogen functional groups attached to an aromatic ring is 1. The first-order chi connectivity index (χ1) is 26.4. The number of thioether (sulfide) groups is 1. The second-order valence-corrected chi connectivity index (χ2v) is 16.5. The summed E-state index contributed by atoms with van der Waals surface area (Å²) < 4.78 is 103. The van der Waals surface area contributed by atoms with Crippen LogP contribution in [-0.2, 0) is 48.9 Å². The number of hydrogen-bond acceptors (Lipinski definition) is 22. The molecule has 0 amide bonds. The van der Waals surface area contributed by atoms with Crippen molar-refractivity contribution in [2.24, 2.45) is 25.7 Å². The number of nitroso groups, excluding NO2 is 1. The third-order valence-corrected chi connectivity index (χ3v) is 10.9. The van der Waals surface area contributed by atoms with Crippen LogP contribution in [0.4, 0.5) is 28.4 Å². The minimum Gasteiger partial charge on any atom is -0.505 e. The maximum atomic E-state index is 12.6. The molecule has 28 heteroatoms. The van der Waals surface area contributed by atoms with Crippen molar-refractivity contribution in [2.75, 3.05) is 32.2 Å². The summed E-state index contributed by atoms with van der Waals surface area (Å²) in [4.78, 5) is 13.9. The number of hydrogen-bond donors (Lipinski definition) is 5. The number of methoxy groups -OCH3 is 1. The molecule has 0 saturated carbocycles. The molecular formula is C28H25N7O16S5. The van der Waals surface area contributed by atoms with Crippen molar-refractivity contribution in [1.82, 2.24) is 5.01 Å². The Morgan fingerprint density at radius 3 is 2.25 bits per heavy atom. The molecule has 23 nitrogen and oxygen atoms in total. The molecule has 0 aliphatic carbocycles. The van der Waals surface area contributed by atoms with Crippen molar-refractivity contribution >= 4 is 93.4 Å². The Balaban J connectivity index is 1.79. The number of anilines is 1. The van der Waals surface area contributed by atoms with Crippen LogP contribution in [0.25, 0.3) is 10.8 Å². The summed E-state index contributed by atoms with van der Waals surface area (Å²) >= 11 is 1.09. The lowest BCUT2D eigenvalue weighted by Crippen LogP contribution is -2.20. The number of phenolic OH excluding ortho intramolecular Hbond substituents is 1. The number of ether oxygens (including phenoxy) is 1. The normalized spacial score (nSPS) is 12.2. The number of nitrogens with zero attached hydrogens (tertiary/aromatic N) is 6. The zero-order valence-corrected chi connectivity index (χ0v) is 32.2. The maximum absolute atomic E-state index is 12.6. The van der Waals surface area contributed by atoms with E-state index in [1.54, 1.807) is 0 Å². The van der Waals surface area contributed by atoms with E-state index in [4.69, 9.17) is 20.3 Å². The molecule has 0 aromatic heterocycles. The average Bonchev–Trinajstić information content (AvgIpc) is 3.14. The fourth-order valence-corrected chi connectivity index (χ4v) is 7.41. The number of aromatic hydroxyl groups is 1. The highest BCUT2D eigenvalue weighted by atomic mass is 32.3. The molecule has 0 saturated heterocycles. The van der Waals surface area contributed by atoms with Crippen molar-refractivity contribution in [3.63, 3.8) is 0 Å². The number of azo groups is 2. The van der Waals surface area contributed by atoms with Crippen molar-refractivity contribution in [2.45, 2.75) is 19.6 Å². The number of nitrogens with two attached hydrogens (primary N) is 1. The summed E-state index contributed by atoms with van der Waals surface area (Å²) in [5.74, 6) is -0.992. The van der Waals surface area contributed by atoms with Crippen LogP contribution in [0.5, 0.6) is 11.5 Å². The van der Waals surface area contributed by atoms with Crippen molar-refractivity contribution in [1.29, 1.82) is 0 Å². The number of sulfone groups is 1. The first kappa shape index (κ1) is 43.5. The van der Waals surface area contributed by atoms with Crippen LogP contribution in [0.1, 0.15) is 0 Å². The summed E-state index contributed by atoms with van der Waals surface area (Å²) in [6.45, 7) is -0.167. The summed E-state index contributed by atoms with van der Waals surface area (Å²) in [6, 6.07) is 11.3. The summed E-state index contributed by atoms with van der Waals surface area (Å²) in [5.41, 5.74) is 4.86. The van der Waals surface area contributed by atoms with Crippen LogP contribution in [0, 0.1) is 16.3 Å². The third kappa shape index (κ3) is 11.4. The van der Waals surface area contributed by atoms with E-state index in [-0.39, 0.29) is 49.9 Å². The summed E-state index contributed by atoms with van der Waals surface area (Å²) in [7, 11) is -11.2. The monoisotopic (exact) mass is 875 g/mol. The summed E-state index contributed by atoms with van der Waals surface area (Å²) in [6.07, 6.45) is 1.88. The molecule has 4 rings (SSSR count). The molecule has 4 aromatic rings. The van der Waals surface area contributed by atoms with E-state index in [2.05, 4.69) is 49.6 Å². The van der Waals surface area contributed by atoms with E-state index in [0.29, 0.717) is 16.9 Å². The highest BCUT2D eigenvalue weighted by molar-refractivity contribution is 8.04. The largest absolute Gasteiger partial charge is 0.505 e. The number of phenols is 1. The van der Waals surface area contributed by atoms with Gasteiger partial charge in [-0.15, -0.1) is 24.6 Å². The van der Waals surface area contributed by atoms with Gasteiger partial charge in [0.2, 0.25) is 0 Å². The lowest BCUT2D eigenvalue weighted by atomic mass is 10.1. The maximum Gasteiger partial charge on any atom is 0.433 e. The fraction of sp³-hybridized carbons (Fsp3) is 0.143. The average molecular weight is 876 g/mol. The Kier molecular flexibility index (Phi) is 14.5. The van der Waals surface area contributed by atoms with Gasteiger partial charge in [0.05, 0.1) is 63.3 Å². The number of fused-ring (bicyclic) bond motifs is 1. The van der Waals surface area contributed by atoms with Crippen LogP contribution in [0.2, 0.25) is 0 Å². The lowest BCUT2D eigenvalue weighted by molar-refractivity contribution is -0.432. The highest BCUT2D eigenvalue weighted by Crippen LogP contribution is 2.50. The molecule has 0 heterocycles. The fourth-order valence-electron chi connectivity index (χ4n) is 4.33. The molecule has 4 aromatic carbocycles. The van der Waals surface area contributed by atoms with E-state index in [9.17, 15) is 39.8 Å². The van der Waals surface area contributed by atoms with E-state index >= 15 is 0 Å². The van der Waals surface area contributed by atoms with Gasteiger partial charge in [0.15, 0.2) is 21.7 Å². The molecular weight excluding hydrogens is 851 g/mol. The smallest absolute Gasteiger partial charge is 0.433 e. The minimum absolute atomic E-state index is 0.0160. The Bertz CT molecular complexity index is 2580. The standard InChI is InChI=1S/C28H25N7O16S5/c1-35(34-37)9-12-54(39,40)19-6-3-17(4-7-19)30-33-27-23(55(41,42)43)14-16-13-22(53-50-49-38)26(28(36)24(16)25(27)29)32-31-20-15-18(5-8-21(20)47-2)52-11-10-48-51-56(44,45)46/h3-8,13-15,36,38H,9,12,29H2,1-2H3,(H,41,42,43)(H,44,45,46). The minimum atomic E-state index is -5.07. The Morgan fingerprint density at radius 1 is 0.929 bits per heavy atom. The first-order valence-corrected chi connectivity index (χ1v) is 20.5. The molecule has 0 unspecified atom stereocenters. The molecule has 0 bridgehead atoms. The molecule has 0 aliphatic rings. The Morgan fingerprint density at radius 2 is 1.62 bits per heavy atom. The summed E-state index contributed by atoms with van der Waals surface area (Å²) in [5, 5.41) is 45.4. The van der Waals surface area contributed by atoms with E-state index in [0.717, 1.165) is 22.8 Å². The predicted molar refractivity (Wildman–Crippen MR) is 196 cm³/mol. The third-order valence-electron chi connectivity index (χ3n) is 6.81. The van der Waals surface area contributed by atoms with Gasteiger partial charge in [0.25, 0.3) is 10.1 Å². The van der Waals surface area contributed by atoms with E-state index in [1.807, 2.05) is 6.11 Å². The van der Waals surface area contributed by atoms with Crippen LogP contribution < -0.4 is 10.5 Å². The Hall–Kier alpha value is -5.19. The second kappa shape index (κ2) is 18.6. The molecule has 0 spiro atoms. The van der Waals surface area contributed by atoms with Crippen LogP contribution in [-0.4, -0.2) is 76.2 Å². The number of rotatable bonds is 17. The van der Waals surface area contributed by atoms with E-state index in [1.165, 1.54) is 62.7 Å². The SMILES string of the molecule is COc1ccc(SC#COOS(=O)(=O)O)cc1N=Nc1c(SOOO)cc2cc(S(=O)(=O)O)c(N=Nc3ccc(S(=O)(=O)CCN(C)N=O)cc3)c(N)c2c1O. The van der Waals surface area contributed by atoms with Gasteiger partial charge >= 0.3 is 10.4 Å². The molecule has 0 radical (unpaired) electrons. The van der Waals surface area contributed by atoms with Crippen molar-refractivity contribution < 1.29 is 68.1 Å². The lowest BCUT2D eigenvalue weighted by Gasteiger charge is -2.14. The van der Waals surface area contributed by atoms with Gasteiger partial charge in [0, 0.05) is 17.2 Å². The molecule has 0 fully saturated rings. The first-order valence-electron chi connectivity index (χ1n) is 14.5. The van der Waals surface area contributed by atoms with Gasteiger partial charge in [-0.3, -0.25) is 19.0 Å². The van der Waals surface area contributed by atoms with Gasteiger partial charge in [-0.05, 0) is 76.1 Å². The van der Waals surface area contributed by atoms with Gasteiger partial charge in [0.1, 0.15) is 27.7 Å². The zero-order chi connectivity index (χ0) is 41.3. The molecule has 0 atom stereocenters.